The van der Waals surface area contributed by atoms with E-state index in [1.807, 2.05) is 24.3 Å². The first-order valence-corrected chi connectivity index (χ1v) is 9.21. The number of carbonyl (C=O) groups is 2. The van der Waals surface area contributed by atoms with Gasteiger partial charge in [-0.25, -0.2) is 4.79 Å². The van der Waals surface area contributed by atoms with Gasteiger partial charge in [0.05, 0.1) is 17.9 Å². The maximum atomic E-state index is 12.6. The molecule has 0 aliphatic carbocycles. The number of hydrogen-bond acceptors (Lipinski definition) is 4. The first-order valence-electron chi connectivity index (χ1n) is 9.21. The molecule has 0 saturated carbocycles. The second-order valence-corrected chi connectivity index (χ2v) is 6.92. The lowest BCUT2D eigenvalue weighted by molar-refractivity contribution is -0.137. The minimum Gasteiger partial charge on any atom is -0.463 e. The van der Waals surface area contributed by atoms with Gasteiger partial charge in [0.15, 0.2) is 0 Å². The van der Waals surface area contributed by atoms with Gasteiger partial charge in [-0.15, -0.1) is 0 Å². The van der Waals surface area contributed by atoms with Crippen molar-refractivity contribution >= 4 is 23.1 Å². The average Bonchev–Trinajstić information content (AvgIpc) is 2.98. The molecule has 138 valence electrons. The third kappa shape index (κ3) is 3.15. The van der Waals surface area contributed by atoms with Crippen LogP contribution < -0.4 is 5.32 Å². The molecule has 1 N–H and O–H groups in total. The van der Waals surface area contributed by atoms with Crippen LogP contribution in [0.1, 0.15) is 23.6 Å². The zero-order valence-corrected chi connectivity index (χ0v) is 15.5. The summed E-state index contributed by atoms with van der Waals surface area (Å²) in [5, 5.41) is 2.98. The van der Waals surface area contributed by atoms with Crippen molar-refractivity contribution in [2.24, 2.45) is 0 Å². The number of amides is 1. The Bertz CT molecular complexity index is 948. The Kier molecular flexibility index (Phi) is 4.54. The summed E-state index contributed by atoms with van der Waals surface area (Å²) in [6.45, 7) is 3.77. The van der Waals surface area contributed by atoms with Gasteiger partial charge in [0, 0.05) is 24.7 Å². The van der Waals surface area contributed by atoms with Gasteiger partial charge < -0.3 is 15.0 Å². The van der Waals surface area contributed by atoms with E-state index < -0.39 is 5.97 Å². The Morgan fingerprint density at radius 1 is 1.22 bits per heavy atom. The van der Waals surface area contributed by atoms with E-state index in [9.17, 15) is 9.59 Å². The number of nitrogens with one attached hydrogen (secondary N) is 1. The number of nitrogens with zero attached hydrogens (tertiary/aromatic N) is 1. The van der Waals surface area contributed by atoms with E-state index in [0.29, 0.717) is 5.57 Å². The molecule has 2 aliphatic heterocycles. The van der Waals surface area contributed by atoms with Gasteiger partial charge in [-0.1, -0.05) is 30.3 Å². The van der Waals surface area contributed by atoms with Crippen LogP contribution in [0, 0.1) is 0 Å². The summed E-state index contributed by atoms with van der Waals surface area (Å²) in [5.41, 5.74) is 6.64. The molecule has 5 heteroatoms. The molecule has 0 radical (unpaired) electrons. The second kappa shape index (κ2) is 7.00. The maximum Gasteiger partial charge on any atom is 0.331 e. The molecular formula is C22H22N2O3. The van der Waals surface area contributed by atoms with Crippen LogP contribution >= 0.6 is 0 Å². The quantitative estimate of drug-likeness (QED) is 0.673. The van der Waals surface area contributed by atoms with Crippen molar-refractivity contribution < 1.29 is 14.3 Å². The molecule has 0 aromatic heterocycles. The second-order valence-electron chi connectivity index (χ2n) is 6.92. The first-order chi connectivity index (χ1) is 13.1. The number of likely N-dealkylation sites (N-methyl/N-ethyl adjacent to an activating group) is 1. The number of hydrogen-bond donors (Lipinski definition) is 1. The van der Waals surface area contributed by atoms with E-state index in [-0.39, 0.29) is 12.5 Å². The summed E-state index contributed by atoms with van der Waals surface area (Å²) in [4.78, 5) is 26.8. The van der Waals surface area contributed by atoms with E-state index in [0.717, 1.165) is 47.5 Å². The van der Waals surface area contributed by atoms with Crippen molar-refractivity contribution in [3.63, 3.8) is 0 Å². The number of fused-ring (bicyclic) bond motifs is 3. The highest BCUT2D eigenvalue weighted by molar-refractivity contribution is 6.34. The molecule has 0 unspecified atom stereocenters. The molecule has 0 spiro atoms. The van der Waals surface area contributed by atoms with Crippen LogP contribution in [0.4, 0.5) is 5.69 Å². The monoisotopic (exact) mass is 362 g/mol. The third-order valence-corrected chi connectivity index (χ3v) is 5.13. The van der Waals surface area contributed by atoms with Crippen molar-refractivity contribution in [3.05, 3.63) is 59.2 Å². The van der Waals surface area contributed by atoms with Gasteiger partial charge in [0.1, 0.15) is 0 Å². The van der Waals surface area contributed by atoms with Crippen LogP contribution in [-0.4, -0.2) is 37.0 Å². The third-order valence-electron chi connectivity index (χ3n) is 5.13. The van der Waals surface area contributed by atoms with Gasteiger partial charge in [0.2, 0.25) is 0 Å². The molecule has 5 nitrogen and oxygen atoms in total. The Balaban J connectivity index is 1.92. The zero-order chi connectivity index (χ0) is 19.0. The highest BCUT2D eigenvalue weighted by Gasteiger charge is 2.32. The van der Waals surface area contributed by atoms with Gasteiger partial charge in [0.25, 0.3) is 5.91 Å². The molecule has 0 bridgehead atoms. The van der Waals surface area contributed by atoms with Gasteiger partial charge in [-0.3, -0.25) is 4.79 Å². The number of rotatable bonds is 3. The fourth-order valence-corrected chi connectivity index (χ4v) is 3.87. The lowest BCUT2D eigenvalue weighted by Gasteiger charge is -2.29. The molecule has 0 atom stereocenters. The number of carbonyl (C=O) groups excluding carboxylic acids is 2. The van der Waals surface area contributed by atoms with Crippen molar-refractivity contribution in [3.8, 4) is 11.1 Å². The van der Waals surface area contributed by atoms with Crippen LogP contribution in [0.3, 0.4) is 0 Å². The van der Waals surface area contributed by atoms with E-state index in [1.54, 1.807) is 6.92 Å². The zero-order valence-electron chi connectivity index (χ0n) is 15.5. The van der Waals surface area contributed by atoms with E-state index in [2.05, 4.69) is 29.4 Å². The topological polar surface area (TPSA) is 58.6 Å². The van der Waals surface area contributed by atoms with Crippen molar-refractivity contribution in [2.75, 3.05) is 25.5 Å². The number of benzene rings is 2. The fraction of sp³-hybridized carbons (Fsp3) is 0.273. The number of anilines is 1. The predicted molar refractivity (Wildman–Crippen MR) is 105 cm³/mol. The molecule has 4 rings (SSSR count). The lowest BCUT2D eigenvalue weighted by Crippen LogP contribution is -2.27. The normalized spacial score (nSPS) is 17.4. The van der Waals surface area contributed by atoms with Gasteiger partial charge in [-0.05, 0) is 48.7 Å². The maximum absolute atomic E-state index is 12.6. The summed E-state index contributed by atoms with van der Waals surface area (Å²) in [6, 6.07) is 12.2. The van der Waals surface area contributed by atoms with E-state index >= 15 is 0 Å². The minimum absolute atomic E-state index is 0.251. The van der Waals surface area contributed by atoms with Crippen LogP contribution in [0.15, 0.2) is 42.5 Å². The Hall–Kier alpha value is -2.92. The highest BCUT2D eigenvalue weighted by atomic mass is 16.5. The summed E-state index contributed by atoms with van der Waals surface area (Å²) in [5.74, 6) is -0.745. The Morgan fingerprint density at radius 2 is 2.00 bits per heavy atom. The lowest BCUT2D eigenvalue weighted by atomic mass is 9.86. The molecule has 27 heavy (non-hydrogen) atoms. The van der Waals surface area contributed by atoms with Crippen LogP contribution in [-0.2, 0) is 27.3 Å². The molecule has 1 amide bonds. The van der Waals surface area contributed by atoms with Gasteiger partial charge in [-0.2, -0.15) is 0 Å². The van der Waals surface area contributed by atoms with Crippen LogP contribution in [0.5, 0.6) is 0 Å². The molecular weight excluding hydrogens is 340 g/mol. The van der Waals surface area contributed by atoms with Crippen LogP contribution in [0.2, 0.25) is 0 Å². The molecule has 2 aromatic carbocycles. The van der Waals surface area contributed by atoms with E-state index in [1.165, 1.54) is 11.6 Å². The van der Waals surface area contributed by atoms with Crippen molar-refractivity contribution in [2.45, 2.75) is 19.9 Å². The molecule has 0 fully saturated rings. The molecule has 2 heterocycles. The van der Waals surface area contributed by atoms with Crippen molar-refractivity contribution in [1.82, 2.24) is 4.90 Å². The largest absolute Gasteiger partial charge is 0.463 e. The predicted octanol–water partition coefficient (Wildman–Crippen LogP) is 3.24. The number of esters is 1. The summed E-state index contributed by atoms with van der Waals surface area (Å²) in [6.07, 6.45) is 2.23. The Labute approximate surface area is 158 Å². The SMILES string of the molecule is CCOC(=O)/C=C1/C(=O)Nc2c1cc(-c1ccccc1)c1c2CN(C)CC1. The first kappa shape index (κ1) is 17.5. The number of ether oxygens (including phenoxy) is 1. The summed E-state index contributed by atoms with van der Waals surface area (Å²) in [7, 11) is 2.08. The fourth-order valence-electron chi connectivity index (χ4n) is 3.87. The Morgan fingerprint density at radius 3 is 2.74 bits per heavy atom. The smallest absolute Gasteiger partial charge is 0.331 e. The molecule has 0 saturated heterocycles. The van der Waals surface area contributed by atoms with Crippen LogP contribution in [0.25, 0.3) is 16.7 Å². The molecule has 2 aromatic rings. The minimum atomic E-state index is -0.494. The average molecular weight is 362 g/mol. The van der Waals surface area contributed by atoms with E-state index in [4.69, 9.17) is 4.74 Å². The highest BCUT2D eigenvalue weighted by Crippen LogP contribution is 2.43. The standard InChI is InChI=1S/C22H22N2O3/c1-3-27-20(25)12-18-17-11-16(14-7-5-4-6-8-14)15-9-10-24(2)13-19(15)21(17)23-22(18)26/h4-8,11-12H,3,9-10,13H2,1-2H3,(H,23,26)/b18-12+. The summed E-state index contributed by atoms with van der Waals surface area (Å²) < 4.78 is 5.01. The molecule has 2 aliphatic rings. The van der Waals surface area contributed by atoms with Gasteiger partial charge >= 0.3 is 5.97 Å². The summed E-state index contributed by atoms with van der Waals surface area (Å²) >= 11 is 0. The van der Waals surface area contributed by atoms with Crippen molar-refractivity contribution in [1.29, 1.82) is 0 Å².